The Morgan fingerprint density at radius 3 is 2.65 bits per heavy atom. The number of carbonyl (C=O) groups excluding carboxylic acids is 1. The summed E-state index contributed by atoms with van der Waals surface area (Å²) in [7, 11) is 1.62. The van der Waals surface area contributed by atoms with Gasteiger partial charge in [0.15, 0.2) is 0 Å². The van der Waals surface area contributed by atoms with E-state index in [1.54, 1.807) is 7.11 Å². The maximum atomic E-state index is 10.9. The lowest BCUT2D eigenvalue weighted by Crippen LogP contribution is -2.10. The fourth-order valence-corrected chi connectivity index (χ4v) is 1.89. The van der Waals surface area contributed by atoms with E-state index in [9.17, 15) is 4.79 Å². The number of methoxy groups -OCH3 is 1. The van der Waals surface area contributed by atoms with Gasteiger partial charge in [-0.25, -0.2) is 4.98 Å². The van der Waals surface area contributed by atoms with Crippen LogP contribution in [0.5, 0.6) is 5.75 Å². The molecule has 0 fully saturated rings. The molecule has 2 N–H and O–H groups in total. The van der Waals surface area contributed by atoms with Crippen LogP contribution in [0.1, 0.15) is 21.2 Å². The molecule has 1 amide bonds. The number of benzene rings is 1. The summed E-state index contributed by atoms with van der Waals surface area (Å²) < 4.78 is 9.14. The molecule has 2 aromatic rings. The Kier molecular flexibility index (Phi) is 3.34. The summed E-state index contributed by atoms with van der Waals surface area (Å²) in [6.07, 6.45) is 0.577. The van der Waals surface area contributed by atoms with Crippen molar-refractivity contribution in [2.75, 3.05) is 7.11 Å². The zero-order chi connectivity index (χ0) is 12.3. The SMILES string of the molecule is COc1ccc(Cc2nsc(C(N)=O)n2)cc1. The molecule has 0 aliphatic rings. The van der Waals surface area contributed by atoms with Gasteiger partial charge in [0.25, 0.3) is 5.91 Å². The zero-order valence-corrected chi connectivity index (χ0v) is 10.0. The molecule has 0 radical (unpaired) electrons. The van der Waals surface area contributed by atoms with Crippen molar-refractivity contribution in [3.05, 3.63) is 40.7 Å². The molecule has 0 aliphatic heterocycles. The van der Waals surface area contributed by atoms with Crippen LogP contribution in [0.3, 0.4) is 0 Å². The van der Waals surface area contributed by atoms with Crippen LogP contribution < -0.4 is 10.5 Å². The van der Waals surface area contributed by atoms with E-state index in [1.807, 2.05) is 24.3 Å². The van der Waals surface area contributed by atoms with Crippen molar-refractivity contribution in [1.29, 1.82) is 0 Å². The average molecular weight is 249 g/mol. The highest BCUT2D eigenvalue weighted by Gasteiger charge is 2.09. The lowest BCUT2D eigenvalue weighted by atomic mass is 10.1. The van der Waals surface area contributed by atoms with Crippen LogP contribution in [0.15, 0.2) is 24.3 Å². The molecular formula is C11H11N3O2S. The summed E-state index contributed by atoms with van der Waals surface area (Å²) in [5, 5.41) is 0.244. The number of hydrogen-bond donors (Lipinski definition) is 1. The van der Waals surface area contributed by atoms with E-state index in [0.717, 1.165) is 22.8 Å². The maximum absolute atomic E-state index is 10.9. The molecule has 6 heteroatoms. The highest BCUT2D eigenvalue weighted by atomic mass is 32.1. The number of amides is 1. The summed E-state index contributed by atoms with van der Waals surface area (Å²) in [6.45, 7) is 0. The predicted molar refractivity (Wildman–Crippen MR) is 64.2 cm³/mol. The molecule has 1 aromatic carbocycles. The third-order valence-corrected chi connectivity index (χ3v) is 2.97. The molecule has 1 heterocycles. The highest BCUT2D eigenvalue weighted by molar-refractivity contribution is 7.07. The van der Waals surface area contributed by atoms with Crippen molar-refractivity contribution in [1.82, 2.24) is 9.36 Å². The number of nitrogens with zero attached hydrogens (tertiary/aromatic N) is 2. The maximum Gasteiger partial charge on any atom is 0.279 e. The molecule has 17 heavy (non-hydrogen) atoms. The van der Waals surface area contributed by atoms with Crippen molar-refractivity contribution in [2.45, 2.75) is 6.42 Å². The molecule has 88 valence electrons. The van der Waals surface area contributed by atoms with Crippen LogP contribution >= 0.6 is 11.5 Å². The van der Waals surface area contributed by atoms with Crippen LogP contribution in [-0.4, -0.2) is 22.4 Å². The minimum Gasteiger partial charge on any atom is -0.497 e. The van der Waals surface area contributed by atoms with Gasteiger partial charge in [-0.1, -0.05) is 12.1 Å². The molecule has 0 saturated carbocycles. The van der Waals surface area contributed by atoms with Gasteiger partial charge in [-0.15, -0.1) is 0 Å². The largest absolute Gasteiger partial charge is 0.497 e. The molecule has 0 atom stereocenters. The lowest BCUT2D eigenvalue weighted by Gasteiger charge is -2.00. The second-order valence-corrected chi connectivity index (χ2v) is 4.16. The fraction of sp³-hybridized carbons (Fsp3) is 0.182. The molecule has 0 aliphatic carbocycles. The normalized spacial score (nSPS) is 10.2. The molecule has 0 saturated heterocycles. The number of nitrogens with two attached hydrogens (primary N) is 1. The second-order valence-electron chi connectivity index (χ2n) is 3.40. The standard InChI is InChI=1S/C11H11N3O2S/c1-16-8-4-2-7(3-5-8)6-9-13-11(10(12)15)17-14-9/h2-5H,6H2,1H3,(H2,12,15). The topological polar surface area (TPSA) is 78.1 Å². The summed E-state index contributed by atoms with van der Waals surface area (Å²) in [5.41, 5.74) is 6.17. The van der Waals surface area contributed by atoms with Crippen molar-refractivity contribution < 1.29 is 9.53 Å². The summed E-state index contributed by atoms with van der Waals surface area (Å²) >= 11 is 1.02. The number of ether oxygens (including phenoxy) is 1. The first-order chi connectivity index (χ1) is 8.19. The van der Waals surface area contributed by atoms with Gasteiger partial charge in [0.05, 0.1) is 7.11 Å². The molecule has 0 spiro atoms. The zero-order valence-electron chi connectivity index (χ0n) is 9.21. The van der Waals surface area contributed by atoms with Crippen LogP contribution in [0.25, 0.3) is 0 Å². The van der Waals surface area contributed by atoms with E-state index < -0.39 is 5.91 Å². The summed E-state index contributed by atoms with van der Waals surface area (Å²) in [6, 6.07) is 7.61. The van der Waals surface area contributed by atoms with Crippen LogP contribution in [0.4, 0.5) is 0 Å². The summed E-state index contributed by atoms with van der Waals surface area (Å²) in [4.78, 5) is 14.9. The van der Waals surface area contributed by atoms with Gasteiger partial charge in [-0.05, 0) is 29.2 Å². The third-order valence-electron chi connectivity index (χ3n) is 2.20. The van der Waals surface area contributed by atoms with Crippen molar-refractivity contribution in [3.8, 4) is 5.75 Å². The first-order valence-electron chi connectivity index (χ1n) is 4.94. The molecular weight excluding hydrogens is 238 g/mol. The van der Waals surface area contributed by atoms with E-state index in [1.165, 1.54) is 0 Å². The Labute approximate surface area is 102 Å². The quantitative estimate of drug-likeness (QED) is 0.884. The second kappa shape index (κ2) is 4.92. The molecule has 1 aromatic heterocycles. The lowest BCUT2D eigenvalue weighted by molar-refractivity contribution is 0.1000. The van der Waals surface area contributed by atoms with Gasteiger partial charge < -0.3 is 10.5 Å². The number of primary amides is 1. The Morgan fingerprint density at radius 2 is 2.12 bits per heavy atom. The van der Waals surface area contributed by atoms with E-state index in [0.29, 0.717) is 12.2 Å². The van der Waals surface area contributed by atoms with Crippen molar-refractivity contribution in [3.63, 3.8) is 0 Å². The Balaban J connectivity index is 2.11. The number of hydrogen-bond acceptors (Lipinski definition) is 5. The number of carbonyl (C=O) groups is 1. The Morgan fingerprint density at radius 1 is 1.41 bits per heavy atom. The Hall–Kier alpha value is -1.95. The minimum absolute atomic E-state index is 0.244. The first kappa shape index (κ1) is 11.5. The van der Waals surface area contributed by atoms with Crippen LogP contribution in [-0.2, 0) is 6.42 Å². The smallest absolute Gasteiger partial charge is 0.279 e. The minimum atomic E-state index is -0.538. The van der Waals surface area contributed by atoms with Gasteiger partial charge in [-0.3, -0.25) is 4.79 Å². The number of aromatic nitrogens is 2. The van der Waals surface area contributed by atoms with Crippen molar-refractivity contribution >= 4 is 17.4 Å². The first-order valence-corrected chi connectivity index (χ1v) is 5.71. The molecule has 0 bridgehead atoms. The summed E-state index contributed by atoms with van der Waals surface area (Å²) in [5.74, 6) is 0.871. The fourth-order valence-electron chi connectivity index (χ4n) is 1.35. The van der Waals surface area contributed by atoms with Gasteiger partial charge in [0.2, 0.25) is 5.01 Å². The van der Waals surface area contributed by atoms with E-state index in [-0.39, 0.29) is 5.01 Å². The molecule has 2 rings (SSSR count). The third kappa shape index (κ3) is 2.79. The van der Waals surface area contributed by atoms with Crippen molar-refractivity contribution in [2.24, 2.45) is 5.73 Å². The predicted octanol–water partition coefficient (Wildman–Crippen LogP) is 1.24. The van der Waals surface area contributed by atoms with Gasteiger partial charge in [0.1, 0.15) is 11.6 Å². The van der Waals surface area contributed by atoms with E-state index in [4.69, 9.17) is 10.5 Å². The van der Waals surface area contributed by atoms with Gasteiger partial charge >= 0.3 is 0 Å². The van der Waals surface area contributed by atoms with E-state index in [2.05, 4.69) is 9.36 Å². The van der Waals surface area contributed by atoms with Crippen LogP contribution in [0, 0.1) is 0 Å². The average Bonchev–Trinajstić information content (AvgIpc) is 2.79. The molecule has 5 nitrogen and oxygen atoms in total. The number of rotatable bonds is 4. The monoisotopic (exact) mass is 249 g/mol. The van der Waals surface area contributed by atoms with Crippen LogP contribution in [0.2, 0.25) is 0 Å². The van der Waals surface area contributed by atoms with E-state index >= 15 is 0 Å². The molecule has 0 unspecified atom stereocenters. The Bertz CT molecular complexity index is 522. The highest BCUT2D eigenvalue weighted by Crippen LogP contribution is 2.14. The van der Waals surface area contributed by atoms with Gasteiger partial charge in [0, 0.05) is 6.42 Å². The van der Waals surface area contributed by atoms with Gasteiger partial charge in [-0.2, -0.15) is 4.37 Å².